The molecule has 0 saturated carbocycles. The largest absolute Gasteiger partial charge is 0.361 e. The van der Waals surface area contributed by atoms with Gasteiger partial charge in [-0.1, -0.05) is 51.1 Å². The molecule has 4 heteroatoms. The highest BCUT2D eigenvalue weighted by molar-refractivity contribution is 6.00. The van der Waals surface area contributed by atoms with Crippen LogP contribution in [0.4, 0.5) is 0 Å². The number of para-hydroxylation sites is 1. The van der Waals surface area contributed by atoms with Crippen LogP contribution in [-0.2, 0) is 5.41 Å². The summed E-state index contributed by atoms with van der Waals surface area (Å²) < 4.78 is 0. The molecule has 0 saturated heterocycles. The van der Waals surface area contributed by atoms with Crippen molar-refractivity contribution in [2.75, 3.05) is 0 Å². The second kappa shape index (κ2) is 6.32. The van der Waals surface area contributed by atoms with E-state index in [9.17, 15) is 4.79 Å². The van der Waals surface area contributed by atoms with Gasteiger partial charge in [-0.3, -0.25) is 4.79 Å². The third-order valence-corrected chi connectivity index (χ3v) is 4.00. The first kappa shape index (κ1) is 16.0. The van der Waals surface area contributed by atoms with Gasteiger partial charge in [0.1, 0.15) is 0 Å². The molecule has 0 unspecified atom stereocenters. The molecule has 2 N–H and O–H groups in total. The summed E-state index contributed by atoms with van der Waals surface area (Å²) in [5.41, 5.74) is 6.42. The molecular weight excluding hydrogens is 298 g/mol. The molecule has 3 aromatic rings. The predicted octanol–water partition coefficient (Wildman–Crippen LogP) is 4.23. The number of hydrazone groups is 1. The lowest BCUT2D eigenvalue weighted by Gasteiger charge is -2.18. The fraction of sp³-hybridized carbons (Fsp3) is 0.200. The molecule has 2 aromatic carbocycles. The van der Waals surface area contributed by atoms with Crippen LogP contribution in [-0.4, -0.2) is 17.1 Å². The molecular formula is C20H21N3O. The van der Waals surface area contributed by atoms with Gasteiger partial charge in [0.15, 0.2) is 0 Å². The second-order valence-electron chi connectivity index (χ2n) is 6.82. The summed E-state index contributed by atoms with van der Waals surface area (Å²) in [5.74, 6) is -0.216. The van der Waals surface area contributed by atoms with Crippen LogP contribution in [0, 0.1) is 0 Å². The number of H-pyrrole nitrogens is 1. The van der Waals surface area contributed by atoms with Gasteiger partial charge in [0.25, 0.3) is 5.91 Å². The van der Waals surface area contributed by atoms with Crippen LogP contribution in [0.1, 0.15) is 42.3 Å². The molecule has 0 fully saturated rings. The van der Waals surface area contributed by atoms with E-state index in [-0.39, 0.29) is 11.3 Å². The number of aromatic amines is 1. The third-order valence-electron chi connectivity index (χ3n) is 4.00. The third kappa shape index (κ3) is 3.38. The number of amides is 1. The molecule has 3 rings (SSSR count). The van der Waals surface area contributed by atoms with Crippen LogP contribution >= 0.6 is 0 Å². The summed E-state index contributed by atoms with van der Waals surface area (Å²) >= 11 is 0. The van der Waals surface area contributed by atoms with E-state index in [1.54, 1.807) is 6.21 Å². The SMILES string of the molecule is CC(C)(C)c1ccc(C(=O)NN=Cc2c[nH]c3ccccc23)cc1. The van der Waals surface area contributed by atoms with E-state index in [0.29, 0.717) is 5.56 Å². The predicted molar refractivity (Wildman–Crippen MR) is 98.5 cm³/mol. The molecule has 122 valence electrons. The number of rotatable bonds is 3. The van der Waals surface area contributed by atoms with Crippen LogP contribution in [0.25, 0.3) is 10.9 Å². The van der Waals surface area contributed by atoms with Gasteiger partial charge in [-0.15, -0.1) is 0 Å². The van der Waals surface area contributed by atoms with E-state index in [1.165, 1.54) is 5.56 Å². The monoisotopic (exact) mass is 319 g/mol. The lowest BCUT2D eigenvalue weighted by Crippen LogP contribution is -2.18. The highest BCUT2D eigenvalue weighted by Gasteiger charge is 2.14. The number of carbonyl (C=O) groups excluding carboxylic acids is 1. The minimum atomic E-state index is -0.216. The van der Waals surface area contributed by atoms with Gasteiger partial charge >= 0.3 is 0 Å². The van der Waals surface area contributed by atoms with Crippen LogP contribution in [0.2, 0.25) is 0 Å². The van der Waals surface area contributed by atoms with Crippen molar-refractivity contribution in [2.24, 2.45) is 5.10 Å². The molecule has 0 spiro atoms. The Morgan fingerprint density at radius 1 is 1.08 bits per heavy atom. The highest BCUT2D eigenvalue weighted by atomic mass is 16.2. The molecule has 0 aliphatic rings. The maximum atomic E-state index is 12.2. The minimum absolute atomic E-state index is 0.0719. The number of hydrogen-bond donors (Lipinski definition) is 2. The number of hydrogen-bond acceptors (Lipinski definition) is 2. The summed E-state index contributed by atoms with van der Waals surface area (Å²) in [7, 11) is 0. The zero-order valence-corrected chi connectivity index (χ0v) is 14.1. The zero-order valence-electron chi connectivity index (χ0n) is 14.1. The van der Waals surface area contributed by atoms with Gasteiger partial charge in [0.05, 0.1) is 6.21 Å². The lowest BCUT2D eigenvalue weighted by atomic mass is 9.87. The normalized spacial score (nSPS) is 12.0. The Morgan fingerprint density at radius 2 is 1.79 bits per heavy atom. The molecule has 0 bridgehead atoms. The molecule has 0 atom stereocenters. The first-order chi connectivity index (χ1) is 11.4. The van der Waals surface area contributed by atoms with Crippen molar-refractivity contribution in [1.82, 2.24) is 10.4 Å². The van der Waals surface area contributed by atoms with Gasteiger partial charge in [-0.05, 0) is 29.2 Å². The second-order valence-corrected chi connectivity index (χ2v) is 6.82. The molecule has 1 amide bonds. The number of aromatic nitrogens is 1. The van der Waals surface area contributed by atoms with Crippen LogP contribution in [0.5, 0.6) is 0 Å². The van der Waals surface area contributed by atoms with E-state index >= 15 is 0 Å². The first-order valence-electron chi connectivity index (χ1n) is 7.95. The van der Waals surface area contributed by atoms with E-state index in [2.05, 4.69) is 36.3 Å². The maximum absolute atomic E-state index is 12.2. The van der Waals surface area contributed by atoms with Gasteiger partial charge in [-0.2, -0.15) is 5.10 Å². The first-order valence-corrected chi connectivity index (χ1v) is 7.95. The van der Waals surface area contributed by atoms with Gasteiger partial charge in [0, 0.05) is 28.2 Å². The quantitative estimate of drug-likeness (QED) is 0.551. The maximum Gasteiger partial charge on any atom is 0.271 e. The van der Waals surface area contributed by atoms with Gasteiger partial charge in [-0.25, -0.2) is 5.43 Å². The summed E-state index contributed by atoms with van der Waals surface area (Å²) in [6.07, 6.45) is 3.53. The highest BCUT2D eigenvalue weighted by Crippen LogP contribution is 2.22. The van der Waals surface area contributed by atoms with Gasteiger partial charge < -0.3 is 4.98 Å². The smallest absolute Gasteiger partial charge is 0.271 e. The Bertz CT molecular complexity index is 883. The van der Waals surface area contributed by atoms with E-state index in [4.69, 9.17) is 0 Å². The molecule has 0 aliphatic carbocycles. The Hall–Kier alpha value is -2.88. The van der Waals surface area contributed by atoms with E-state index in [1.807, 2.05) is 54.7 Å². The summed E-state index contributed by atoms with van der Waals surface area (Å²) in [5, 5.41) is 5.14. The average molecular weight is 319 g/mol. The number of benzene rings is 2. The number of nitrogens with one attached hydrogen (secondary N) is 2. The summed E-state index contributed by atoms with van der Waals surface area (Å²) in [6, 6.07) is 15.6. The van der Waals surface area contributed by atoms with Crippen LogP contribution < -0.4 is 5.43 Å². The topological polar surface area (TPSA) is 57.2 Å². The Morgan fingerprint density at radius 3 is 2.50 bits per heavy atom. The van der Waals surface area contributed by atoms with E-state index in [0.717, 1.165) is 16.5 Å². The number of nitrogens with zero attached hydrogens (tertiary/aromatic N) is 1. The molecule has 0 radical (unpaired) electrons. The average Bonchev–Trinajstić information content (AvgIpc) is 2.97. The fourth-order valence-electron chi connectivity index (χ4n) is 2.55. The van der Waals surface area contributed by atoms with Crippen molar-refractivity contribution in [3.8, 4) is 0 Å². The molecule has 1 heterocycles. The van der Waals surface area contributed by atoms with Crippen molar-refractivity contribution >= 4 is 23.0 Å². The zero-order chi connectivity index (χ0) is 17.2. The van der Waals surface area contributed by atoms with Crippen LogP contribution in [0.15, 0.2) is 59.8 Å². The van der Waals surface area contributed by atoms with Crippen LogP contribution in [0.3, 0.4) is 0 Å². The Kier molecular flexibility index (Phi) is 4.21. The summed E-state index contributed by atoms with van der Waals surface area (Å²) in [6.45, 7) is 6.44. The Balaban J connectivity index is 1.69. The summed E-state index contributed by atoms with van der Waals surface area (Å²) in [4.78, 5) is 15.3. The molecule has 1 aromatic heterocycles. The molecule has 0 aliphatic heterocycles. The standard InChI is InChI=1S/C20H21N3O/c1-20(2,3)16-10-8-14(9-11-16)19(24)23-22-13-15-12-21-18-7-5-4-6-17(15)18/h4-13,21H,1-3H3,(H,23,24). The molecule has 24 heavy (non-hydrogen) atoms. The van der Waals surface area contributed by atoms with Crippen molar-refractivity contribution in [3.63, 3.8) is 0 Å². The van der Waals surface area contributed by atoms with Crippen molar-refractivity contribution in [2.45, 2.75) is 26.2 Å². The fourth-order valence-corrected chi connectivity index (χ4v) is 2.55. The number of carbonyl (C=O) groups is 1. The number of fused-ring (bicyclic) bond motifs is 1. The van der Waals surface area contributed by atoms with Crippen molar-refractivity contribution in [3.05, 3.63) is 71.4 Å². The lowest BCUT2D eigenvalue weighted by molar-refractivity contribution is 0.0955. The van der Waals surface area contributed by atoms with Crippen molar-refractivity contribution < 1.29 is 4.79 Å². The van der Waals surface area contributed by atoms with Gasteiger partial charge in [0.2, 0.25) is 0 Å². The molecule has 4 nitrogen and oxygen atoms in total. The van der Waals surface area contributed by atoms with Crippen molar-refractivity contribution in [1.29, 1.82) is 0 Å². The Labute approximate surface area is 141 Å². The van der Waals surface area contributed by atoms with E-state index < -0.39 is 0 Å². The minimum Gasteiger partial charge on any atom is -0.361 e.